The van der Waals surface area contributed by atoms with Crippen LogP contribution in [-0.4, -0.2) is 35.7 Å². The van der Waals surface area contributed by atoms with Gasteiger partial charge in [-0.25, -0.2) is 4.79 Å². The van der Waals surface area contributed by atoms with Crippen LogP contribution in [0.2, 0.25) is 0 Å². The smallest absolute Gasteiger partial charge is 0.299 e. The Labute approximate surface area is 108 Å². The van der Waals surface area contributed by atoms with E-state index >= 15 is 0 Å². The van der Waals surface area contributed by atoms with Crippen LogP contribution >= 0.6 is 0 Å². The highest BCUT2D eigenvalue weighted by Crippen LogP contribution is 2.11. The van der Waals surface area contributed by atoms with E-state index in [1.54, 1.807) is 0 Å². The summed E-state index contributed by atoms with van der Waals surface area (Å²) >= 11 is 0. The average molecular weight is 243 g/mol. The van der Waals surface area contributed by atoms with E-state index in [-0.39, 0.29) is 35.5 Å². The molecule has 5 heteroatoms. The number of hydrogen-bond donors (Lipinski definition) is 0. The second kappa shape index (κ2) is 11.1. The van der Waals surface area contributed by atoms with Crippen molar-refractivity contribution in [2.45, 2.75) is 46.5 Å². The van der Waals surface area contributed by atoms with E-state index in [0.29, 0.717) is 6.61 Å². The van der Waals surface area contributed by atoms with Gasteiger partial charge in [0.05, 0.1) is 6.61 Å². The molecule has 0 spiro atoms. The summed E-state index contributed by atoms with van der Waals surface area (Å²) < 4.78 is 0. The lowest BCUT2D eigenvalue weighted by Crippen LogP contribution is -2.18. The Kier molecular flexibility index (Phi) is 12.5. The molecule has 0 aliphatic rings. The molecule has 0 unspecified atom stereocenters. The molecule has 0 saturated heterocycles. The zero-order valence-electron chi connectivity index (χ0n) is 10.3. The number of ketones is 1. The Morgan fingerprint density at radius 2 is 1.69 bits per heavy atom. The van der Waals surface area contributed by atoms with Gasteiger partial charge in [0.2, 0.25) is 0 Å². The van der Waals surface area contributed by atoms with Crippen molar-refractivity contribution in [3.63, 3.8) is 0 Å². The van der Waals surface area contributed by atoms with Gasteiger partial charge in [0.25, 0.3) is 0 Å². The van der Waals surface area contributed by atoms with Crippen LogP contribution in [-0.2, 0) is 19.4 Å². The predicted molar refractivity (Wildman–Crippen MR) is 61.8 cm³/mol. The standard InChI is InChI=1S/C11H20O4.Al/c1-4-7-14-15-11(13)8-10(12)9(5-2)6-3;/h9H,4-8H2,1-3H3;. The molecule has 0 rings (SSSR count). The van der Waals surface area contributed by atoms with Gasteiger partial charge in [0.15, 0.2) is 0 Å². The van der Waals surface area contributed by atoms with Crippen LogP contribution in [0, 0.1) is 5.92 Å². The molecule has 0 N–H and O–H groups in total. The number of hydrogen-bond acceptors (Lipinski definition) is 4. The number of carbonyl (C=O) groups is 2. The van der Waals surface area contributed by atoms with Crippen molar-refractivity contribution in [3.05, 3.63) is 0 Å². The highest BCUT2D eigenvalue weighted by molar-refractivity contribution is 5.96. The first-order chi connectivity index (χ1) is 7.15. The molecule has 0 bridgehead atoms. The van der Waals surface area contributed by atoms with Crippen molar-refractivity contribution < 1.29 is 19.4 Å². The number of carbonyl (C=O) groups excluding carboxylic acids is 2. The predicted octanol–water partition coefficient (Wildman–Crippen LogP) is 1.89. The molecule has 4 nitrogen and oxygen atoms in total. The maximum atomic E-state index is 11.5. The van der Waals surface area contributed by atoms with Crippen LogP contribution in [0.4, 0.5) is 0 Å². The Hall–Kier alpha value is -0.368. The zero-order valence-corrected chi connectivity index (χ0v) is 11.5. The summed E-state index contributed by atoms with van der Waals surface area (Å²) in [6.45, 7) is 6.14. The fourth-order valence-electron chi connectivity index (χ4n) is 1.25. The quantitative estimate of drug-likeness (QED) is 0.215. The van der Waals surface area contributed by atoms with Crippen molar-refractivity contribution in [1.29, 1.82) is 0 Å². The Balaban J connectivity index is 0. The van der Waals surface area contributed by atoms with Gasteiger partial charge in [0.1, 0.15) is 12.2 Å². The second-order valence-corrected chi connectivity index (χ2v) is 3.43. The minimum Gasteiger partial charge on any atom is -0.299 e. The van der Waals surface area contributed by atoms with E-state index in [1.165, 1.54) is 0 Å². The molecule has 16 heavy (non-hydrogen) atoms. The molecule has 0 aliphatic heterocycles. The lowest BCUT2D eigenvalue weighted by molar-refractivity contribution is -0.271. The van der Waals surface area contributed by atoms with Crippen LogP contribution in [0.1, 0.15) is 46.5 Å². The summed E-state index contributed by atoms with van der Waals surface area (Å²) in [6.07, 6.45) is 2.11. The first-order valence-electron chi connectivity index (χ1n) is 5.50. The van der Waals surface area contributed by atoms with Gasteiger partial charge in [0, 0.05) is 23.3 Å². The van der Waals surface area contributed by atoms with E-state index < -0.39 is 5.97 Å². The summed E-state index contributed by atoms with van der Waals surface area (Å²) in [7, 11) is 0. The van der Waals surface area contributed by atoms with Crippen LogP contribution < -0.4 is 0 Å². The zero-order chi connectivity index (χ0) is 11.7. The molecular formula is C11H20AlO4. The highest BCUT2D eigenvalue weighted by atomic mass is 27.0. The third kappa shape index (κ3) is 7.86. The lowest BCUT2D eigenvalue weighted by atomic mass is 9.96. The highest BCUT2D eigenvalue weighted by Gasteiger charge is 2.19. The molecule has 0 aromatic rings. The van der Waals surface area contributed by atoms with E-state index in [0.717, 1.165) is 19.3 Å². The van der Waals surface area contributed by atoms with Crippen molar-refractivity contribution >= 4 is 29.1 Å². The van der Waals surface area contributed by atoms with Gasteiger partial charge in [-0.15, -0.1) is 0 Å². The van der Waals surface area contributed by atoms with Gasteiger partial charge in [-0.3, -0.25) is 9.68 Å². The average Bonchev–Trinajstić information content (AvgIpc) is 2.20. The van der Waals surface area contributed by atoms with Crippen molar-refractivity contribution in [1.82, 2.24) is 0 Å². The molecule has 0 aliphatic carbocycles. The molecule has 0 fully saturated rings. The molecular weight excluding hydrogens is 223 g/mol. The lowest BCUT2D eigenvalue weighted by Gasteiger charge is -2.09. The molecule has 0 aromatic carbocycles. The normalized spacial score (nSPS) is 9.75. The fourth-order valence-corrected chi connectivity index (χ4v) is 1.25. The maximum Gasteiger partial charge on any atom is 0.349 e. The molecule has 0 saturated carbocycles. The van der Waals surface area contributed by atoms with Crippen molar-refractivity contribution in [3.8, 4) is 0 Å². The van der Waals surface area contributed by atoms with Crippen LogP contribution in [0.3, 0.4) is 0 Å². The Bertz CT molecular complexity index is 202. The summed E-state index contributed by atoms with van der Waals surface area (Å²) in [4.78, 5) is 31.6. The summed E-state index contributed by atoms with van der Waals surface area (Å²) in [5.74, 6) is -0.700. The summed E-state index contributed by atoms with van der Waals surface area (Å²) in [5, 5.41) is 0. The SMILES string of the molecule is CCCOOC(=O)CC(=O)C(CC)CC.[Al]. The van der Waals surface area contributed by atoms with E-state index in [4.69, 9.17) is 0 Å². The fraction of sp³-hybridized carbons (Fsp3) is 0.818. The molecule has 0 aromatic heterocycles. The maximum absolute atomic E-state index is 11.5. The van der Waals surface area contributed by atoms with Gasteiger partial charge in [-0.2, -0.15) is 4.89 Å². The van der Waals surface area contributed by atoms with Gasteiger partial charge < -0.3 is 0 Å². The topological polar surface area (TPSA) is 52.6 Å². The van der Waals surface area contributed by atoms with Crippen LogP contribution in [0.25, 0.3) is 0 Å². The Morgan fingerprint density at radius 3 is 2.12 bits per heavy atom. The molecule has 91 valence electrons. The minimum atomic E-state index is -0.597. The number of Topliss-reactive ketones (excluding diaryl/α,β-unsaturated/α-hetero) is 1. The molecule has 0 atom stereocenters. The van der Waals surface area contributed by atoms with Gasteiger partial charge in [-0.05, 0) is 19.3 Å². The first-order valence-corrected chi connectivity index (χ1v) is 5.50. The van der Waals surface area contributed by atoms with Crippen LogP contribution in [0.15, 0.2) is 0 Å². The summed E-state index contributed by atoms with van der Waals surface area (Å²) in [6, 6.07) is 0. The third-order valence-corrected chi connectivity index (χ3v) is 2.20. The molecule has 0 heterocycles. The Morgan fingerprint density at radius 1 is 1.12 bits per heavy atom. The number of rotatable bonds is 8. The van der Waals surface area contributed by atoms with Gasteiger partial charge >= 0.3 is 5.97 Å². The largest absolute Gasteiger partial charge is 0.349 e. The third-order valence-electron chi connectivity index (χ3n) is 2.20. The van der Waals surface area contributed by atoms with E-state index in [1.807, 2.05) is 20.8 Å². The molecule has 0 amide bonds. The van der Waals surface area contributed by atoms with Crippen molar-refractivity contribution in [2.24, 2.45) is 5.92 Å². The van der Waals surface area contributed by atoms with Gasteiger partial charge in [-0.1, -0.05) is 20.8 Å². The molecule has 3 radical (unpaired) electrons. The first kappa shape index (κ1) is 18.0. The minimum absolute atomic E-state index is 0. The van der Waals surface area contributed by atoms with E-state index in [2.05, 4.69) is 9.78 Å². The van der Waals surface area contributed by atoms with Crippen molar-refractivity contribution in [2.75, 3.05) is 6.61 Å². The monoisotopic (exact) mass is 243 g/mol. The van der Waals surface area contributed by atoms with E-state index in [9.17, 15) is 9.59 Å². The second-order valence-electron chi connectivity index (χ2n) is 3.43. The van der Waals surface area contributed by atoms with Crippen LogP contribution in [0.5, 0.6) is 0 Å². The summed E-state index contributed by atoms with van der Waals surface area (Å²) in [5.41, 5.74) is 0.